The molecule has 20 heavy (non-hydrogen) atoms. The lowest BCUT2D eigenvalue weighted by Crippen LogP contribution is -2.64. The molecule has 6 heteroatoms. The zero-order valence-electron chi connectivity index (χ0n) is 12.2. The van der Waals surface area contributed by atoms with Crippen LogP contribution in [-0.2, 0) is 16.1 Å². The molecule has 6 nitrogen and oxygen atoms in total. The Kier molecular flexibility index (Phi) is 4.42. The largest absolute Gasteiger partial charge is 0.343 e. The Morgan fingerprint density at radius 3 is 2.70 bits per heavy atom. The first-order valence-corrected chi connectivity index (χ1v) is 7.07. The standard InChI is InChI=1S/C14H22N4O2/c1-10(2)12-13(19)16-11(3)14(20)18(12)7-4-6-17-8-5-15-9-17/h5,8-12H,4,6-7H2,1-3H3,(H,16,19). The van der Waals surface area contributed by atoms with Gasteiger partial charge in [-0.25, -0.2) is 4.98 Å². The van der Waals surface area contributed by atoms with E-state index < -0.39 is 6.04 Å². The second-order valence-electron chi connectivity index (χ2n) is 5.60. The van der Waals surface area contributed by atoms with Crippen molar-refractivity contribution in [1.29, 1.82) is 0 Å². The number of piperazine rings is 1. The van der Waals surface area contributed by atoms with E-state index in [0.717, 1.165) is 13.0 Å². The highest BCUT2D eigenvalue weighted by Gasteiger charge is 2.39. The molecule has 1 N–H and O–H groups in total. The Hall–Kier alpha value is -1.85. The van der Waals surface area contributed by atoms with E-state index in [1.807, 2.05) is 24.6 Å². The molecule has 0 radical (unpaired) electrons. The van der Waals surface area contributed by atoms with Crippen molar-refractivity contribution in [2.75, 3.05) is 6.54 Å². The first-order chi connectivity index (χ1) is 9.50. The minimum absolute atomic E-state index is 0.00827. The van der Waals surface area contributed by atoms with Gasteiger partial charge in [-0.15, -0.1) is 0 Å². The number of aromatic nitrogens is 2. The summed E-state index contributed by atoms with van der Waals surface area (Å²) in [5.41, 5.74) is 0. The molecule has 1 fully saturated rings. The normalized spacial score (nSPS) is 23.3. The quantitative estimate of drug-likeness (QED) is 0.859. The predicted octanol–water partition coefficient (Wildman–Crippen LogP) is 0.645. The molecule has 110 valence electrons. The van der Waals surface area contributed by atoms with E-state index in [4.69, 9.17) is 0 Å². The molecular weight excluding hydrogens is 256 g/mol. The number of hydrogen-bond acceptors (Lipinski definition) is 3. The Bertz CT molecular complexity index is 470. The van der Waals surface area contributed by atoms with Gasteiger partial charge in [-0.05, 0) is 19.3 Å². The van der Waals surface area contributed by atoms with Gasteiger partial charge in [-0.3, -0.25) is 9.59 Å². The summed E-state index contributed by atoms with van der Waals surface area (Å²) in [5.74, 6) is 0.0726. The van der Waals surface area contributed by atoms with Gasteiger partial charge in [0.25, 0.3) is 0 Å². The molecule has 1 aliphatic rings. The average Bonchev–Trinajstić information content (AvgIpc) is 2.87. The molecule has 2 heterocycles. The summed E-state index contributed by atoms with van der Waals surface area (Å²) < 4.78 is 1.97. The Balaban J connectivity index is 2.00. The van der Waals surface area contributed by atoms with Crippen LogP contribution in [0, 0.1) is 5.92 Å². The van der Waals surface area contributed by atoms with Crippen LogP contribution in [-0.4, -0.2) is 44.9 Å². The average molecular weight is 278 g/mol. The summed E-state index contributed by atoms with van der Waals surface area (Å²) >= 11 is 0. The monoisotopic (exact) mass is 278 g/mol. The van der Waals surface area contributed by atoms with Crippen molar-refractivity contribution in [3.63, 3.8) is 0 Å². The van der Waals surface area contributed by atoms with E-state index in [1.54, 1.807) is 24.3 Å². The SMILES string of the molecule is CC1NC(=O)C(C(C)C)N(CCCn2ccnc2)C1=O. The smallest absolute Gasteiger partial charge is 0.245 e. The van der Waals surface area contributed by atoms with E-state index in [2.05, 4.69) is 10.3 Å². The van der Waals surface area contributed by atoms with Crippen molar-refractivity contribution in [2.45, 2.75) is 45.8 Å². The summed E-state index contributed by atoms with van der Waals surface area (Å²) in [6.07, 6.45) is 6.20. The number of carbonyl (C=O) groups is 2. The number of hydrogen-bond donors (Lipinski definition) is 1. The number of carbonyl (C=O) groups excluding carboxylic acids is 2. The van der Waals surface area contributed by atoms with E-state index >= 15 is 0 Å². The highest BCUT2D eigenvalue weighted by Crippen LogP contribution is 2.17. The van der Waals surface area contributed by atoms with Gasteiger partial charge in [0.15, 0.2) is 0 Å². The van der Waals surface area contributed by atoms with Crippen molar-refractivity contribution in [3.05, 3.63) is 18.7 Å². The third-order valence-electron chi connectivity index (χ3n) is 3.62. The summed E-state index contributed by atoms with van der Waals surface area (Å²) in [4.78, 5) is 30.1. The molecule has 2 atom stereocenters. The minimum Gasteiger partial charge on any atom is -0.343 e. The van der Waals surface area contributed by atoms with Crippen LogP contribution >= 0.6 is 0 Å². The van der Waals surface area contributed by atoms with Crippen molar-refractivity contribution < 1.29 is 9.59 Å². The number of rotatable bonds is 5. The molecule has 2 amide bonds. The van der Waals surface area contributed by atoms with Crippen LogP contribution in [0.4, 0.5) is 0 Å². The van der Waals surface area contributed by atoms with E-state index in [1.165, 1.54) is 0 Å². The predicted molar refractivity (Wildman–Crippen MR) is 74.8 cm³/mol. The lowest BCUT2D eigenvalue weighted by molar-refractivity contribution is -0.150. The van der Waals surface area contributed by atoms with E-state index in [-0.39, 0.29) is 23.8 Å². The van der Waals surface area contributed by atoms with Crippen LogP contribution in [0.15, 0.2) is 18.7 Å². The molecule has 1 saturated heterocycles. The molecule has 2 unspecified atom stereocenters. The molecule has 0 aliphatic carbocycles. The maximum Gasteiger partial charge on any atom is 0.245 e. The summed E-state index contributed by atoms with van der Waals surface area (Å²) in [6.45, 7) is 7.06. The fourth-order valence-electron chi connectivity index (χ4n) is 2.64. The third kappa shape index (κ3) is 3.00. The van der Waals surface area contributed by atoms with Crippen LogP contribution in [0.5, 0.6) is 0 Å². The lowest BCUT2D eigenvalue weighted by Gasteiger charge is -2.40. The second-order valence-corrected chi connectivity index (χ2v) is 5.60. The topological polar surface area (TPSA) is 67.2 Å². The van der Waals surface area contributed by atoms with Crippen LogP contribution < -0.4 is 5.32 Å². The Morgan fingerprint density at radius 1 is 1.35 bits per heavy atom. The van der Waals surface area contributed by atoms with Crippen LogP contribution in [0.1, 0.15) is 27.2 Å². The molecule has 0 aromatic carbocycles. The Morgan fingerprint density at radius 2 is 2.10 bits per heavy atom. The molecular formula is C14H22N4O2. The summed E-state index contributed by atoms with van der Waals surface area (Å²) in [5, 5.41) is 2.75. The molecule has 2 rings (SSSR count). The fourth-order valence-corrected chi connectivity index (χ4v) is 2.64. The van der Waals surface area contributed by atoms with Gasteiger partial charge < -0.3 is 14.8 Å². The Labute approximate surface area is 119 Å². The summed E-state index contributed by atoms with van der Waals surface area (Å²) in [6, 6.07) is -0.785. The number of nitrogens with one attached hydrogen (secondary N) is 1. The van der Waals surface area contributed by atoms with Gasteiger partial charge in [0.2, 0.25) is 11.8 Å². The minimum atomic E-state index is -0.425. The van der Waals surface area contributed by atoms with Crippen molar-refractivity contribution in [3.8, 4) is 0 Å². The van der Waals surface area contributed by atoms with Crippen LogP contribution in [0.25, 0.3) is 0 Å². The first-order valence-electron chi connectivity index (χ1n) is 7.07. The van der Waals surface area contributed by atoms with Gasteiger partial charge in [0.05, 0.1) is 6.33 Å². The van der Waals surface area contributed by atoms with Crippen LogP contribution in [0.3, 0.4) is 0 Å². The summed E-state index contributed by atoms with van der Waals surface area (Å²) in [7, 11) is 0. The second kappa shape index (κ2) is 6.07. The number of nitrogens with zero attached hydrogens (tertiary/aromatic N) is 3. The van der Waals surface area contributed by atoms with Crippen molar-refractivity contribution in [2.24, 2.45) is 5.92 Å². The molecule has 0 bridgehead atoms. The zero-order valence-corrected chi connectivity index (χ0v) is 12.2. The van der Waals surface area contributed by atoms with Gasteiger partial charge >= 0.3 is 0 Å². The number of imidazole rings is 1. The fraction of sp³-hybridized carbons (Fsp3) is 0.643. The van der Waals surface area contributed by atoms with E-state index in [9.17, 15) is 9.59 Å². The first kappa shape index (κ1) is 14.6. The number of amides is 2. The van der Waals surface area contributed by atoms with Crippen LogP contribution in [0.2, 0.25) is 0 Å². The maximum atomic E-state index is 12.3. The highest BCUT2D eigenvalue weighted by atomic mass is 16.2. The van der Waals surface area contributed by atoms with E-state index in [0.29, 0.717) is 6.54 Å². The van der Waals surface area contributed by atoms with Crippen molar-refractivity contribution in [1.82, 2.24) is 19.8 Å². The van der Waals surface area contributed by atoms with Gasteiger partial charge in [0.1, 0.15) is 12.1 Å². The van der Waals surface area contributed by atoms with Gasteiger partial charge in [-0.2, -0.15) is 0 Å². The van der Waals surface area contributed by atoms with Crippen molar-refractivity contribution >= 4 is 11.8 Å². The molecule has 1 aromatic rings. The third-order valence-corrected chi connectivity index (χ3v) is 3.62. The van der Waals surface area contributed by atoms with Gasteiger partial charge in [0, 0.05) is 25.5 Å². The lowest BCUT2D eigenvalue weighted by atomic mass is 9.97. The molecule has 1 aromatic heterocycles. The van der Waals surface area contributed by atoms with Gasteiger partial charge in [-0.1, -0.05) is 13.8 Å². The molecule has 1 aliphatic heterocycles. The molecule has 0 spiro atoms. The number of aryl methyl sites for hydroxylation is 1. The zero-order chi connectivity index (χ0) is 14.7. The molecule has 0 saturated carbocycles. The maximum absolute atomic E-state index is 12.3. The highest BCUT2D eigenvalue weighted by molar-refractivity contribution is 5.96.